The summed E-state index contributed by atoms with van der Waals surface area (Å²) in [6.07, 6.45) is 4.71. The van der Waals surface area contributed by atoms with Gasteiger partial charge in [-0.25, -0.2) is 0 Å². The van der Waals surface area contributed by atoms with Crippen molar-refractivity contribution in [3.63, 3.8) is 0 Å². The molecule has 0 fully saturated rings. The second kappa shape index (κ2) is 7.07. The molecule has 0 bridgehead atoms. The molecule has 1 aromatic carbocycles. The fourth-order valence-electron chi connectivity index (χ4n) is 2.60. The monoisotopic (exact) mass is 352 g/mol. The van der Waals surface area contributed by atoms with Gasteiger partial charge in [0.15, 0.2) is 0 Å². The number of alkyl halides is 1. The lowest BCUT2D eigenvalue weighted by atomic mass is 9.91. The molecule has 2 N–H and O–H groups in total. The van der Waals surface area contributed by atoms with E-state index in [9.17, 15) is 9.59 Å². The molecular formula is C16H21BrN2O2. The van der Waals surface area contributed by atoms with E-state index in [-0.39, 0.29) is 4.83 Å². The average molecular weight is 353 g/mol. The van der Waals surface area contributed by atoms with E-state index in [1.807, 2.05) is 18.2 Å². The normalized spacial score (nSPS) is 14.2. The fourth-order valence-corrected chi connectivity index (χ4v) is 3.52. The van der Waals surface area contributed by atoms with Crippen LogP contribution in [0.25, 0.3) is 11.0 Å². The third-order valence-electron chi connectivity index (χ3n) is 3.93. The second-order valence-corrected chi connectivity index (χ2v) is 6.41. The Morgan fingerprint density at radius 3 is 2.38 bits per heavy atom. The third-order valence-corrected chi connectivity index (χ3v) is 5.21. The molecule has 0 amide bonds. The van der Waals surface area contributed by atoms with Crippen LogP contribution in [0.1, 0.15) is 49.9 Å². The number of fused-ring (bicyclic) bond motifs is 1. The SMILES string of the molecule is CCCCC(CC)C(Br)c1ccc2[nH]c(=O)c(=O)[nH]c2c1. The van der Waals surface area contributed by atoms with Crippen LogP contribution in [0.2, 0.25) is 0 Å². The Morgan fingerprint density at radius 2 is 1.76 bits per heavy atom. The van der Waals surface area contributed by atoms with Gasteiger partial charge in [-0.05, 0) is 30.0 Å². The van der Waals surface area contributed by atoms with Gasteiger partial charge in [-0.3, -0.25) is 9.59 Å². The first kappa shape index (κ1) is 16.0. The van der Waals surface area contributed by atoms with Crippen LogP contribution >= 0.6 is 15.9 Å². The summed E-state index contributed by atoms with van der Waals surface area (Å²) in [6, 6.07) is 5.80. The Balaban J connectivity index is 2.35. The zero-order valence-corrected chi connectivity index (χ0v) is 14.0. The first-order chi connectivity index (χ1) is 10.1. The smallest absolute Gasteiger partial charge is 0.314 e. The maximum Gasteiger partial charge on any atom is 0.314 e. The molecule has 0 radical (unpaired) electrons. The Morgan fingerprint density at radius 1 is 1.10 bits per heavy atom. The summed E-state index contributed by atoms with van der Waals surface area (Å²) in [7, 11) is 0. The molecule has 0 aliphatic heterocycles. The van der Waals surface area contributed by atoms with Crippen LogP contribution in [0.3, 0.4) is 0 Å². The molecule has 2 unspecified atom stereocenters. The number of hydrogen-bond donors (Lipinski definition) is 2. The molecule has 2 atom stereocenters. The van der Waals surface area contributed by atoms with Crippen LogP contribution in [0.5, 0.6) is 0 Å². The molecule has 0 aliphatic rings. The summed E-state index contributed by atoms with van der Waals surface area (Å²) in [4.78, 5) is 28.2. The van der Waals surface area contributed by atoms with Crippen molar-refractivity contribution in [3.05, 3.63) is 44.5 Å². The van der Waals surface area contributed by atoms with E-state index in [4.69, 9.17) is 0 Å². The molecule has 5 heteroatoms. The zero-order chi connectivity index (χ0) is 15.4. The molecule has 0 aliphatic carbocycles. The van der Waals surface area contributed by atoms with Crippen LogP contribution in [0.4, 0.5) is 0 Å². The Bertz CT molecular complexity index is 720. The first-order valence-electron chi connectivity index (χ1n) is 7.47. The Kier molecular flexibility index (Phi) is 5.39. The lowest BCUT2D eigenvalue weighted by Gasteiger charge is -2.21. The highest BCUT2D eigenvalue weighted by Crippen LogP contribution is 2.36. The summed E-state index contributed by atoms with van der Waals surface area (Å²) in [5.41, 5.74) is 1.24. The minimum Gasteiger partial charge on any atom is -0.316 e. The quantitative estimate of drug-likeness (QED) is 0.612. The number of aromatic amines is 2. The fraction of sp³-hybridized carbons (Fsp3) is 0.500. The number of rotatable bonds is 6. The van der Waals surface area contributed by atoms with Crippen LogP contribution < -0.4 is 11.1 Å². The van der Waals surface area contributed by atoms with E-state index < -0.39 is 11.1 Å². The van der Waals surface area contributed by atoms with Crippen molar-refractivity contribution in [1.82, 2.24) is 9.97 Å². The highest BCUT2D eigenvalue weighted by Gasteiger charge is 2.19. The molecule has 0 saturated heterocycles. The predicted molar refractivity (Wildman–Crippen MR) is 90.2 cm³/mol. The molecule has 114 valence electrons. The number of halogens is 1. The largest absolute Gasteiger partial charge is 0.316 e. The number of H-pyrrole nitrogens is 2. The van der Waals surface area contributed by atoms with E-state index in [1.165, 1.54) is 19.3 Å². The summed E-state index contributed by atoms with van der Waals surface area (Å²) in [5.74, 6) is 0.567. The number of hydrogen-bond acceptors (Lipinski definition) is 2. The van der Waals surface area contributed by atoms with Gasteiger partial charge in [-0.1, -0.05) is 55.1 Å². The number of nitrogens with one attached hydrogen (secondary N) is 2. The molecular weight excluding hydrogens is 332 g/mol. The van der Waals surface area contributed by atoms with Gasteiger partial charge in [0.1, 0.15) is 0 Å². The van der Waals surface area contributed by atoms with E-state index >= 15 is 0 Å². The highest BCUT2D eigenvalue weighted by atomic mass is 79.9. The van der Waals surface area contributed by atoms with E-state index in [0.29, 0.717) is 17.0 Å². The maximum absolute atomic E-state index is 11.4. The molecule has 1 aromatic heterocycles. The first-order valence-corrected chi connectivity index (χ1v) is 8.38. The minimum atomic E-state index is -0.611. The van der Waals surface area contributed by atoms with Gasteiger partial charge in [0.25, 0.3) is 0 Å². The molecule has 0 saturated carbocycles. The average Bonchev–Trinajstić information content (AvgIpc) is 2.48. The molecule has 21 heavy (non-hydrogen) atoms. The van der Waals surface area contributed by atoms with Gasteiger partial charge in [-0.15, -0.1) is 0 Å². The van der Waals surface area contributed by atoms with Crippen LogP contribution in [-0.4, -0.2) is 9.97 Å². The standard InChI is InChI=1S/C16H21BrN2O2/c1-3-5-6-10(4-2)14(17)11-7-8-12-13(9-11)19-16(21)15(20)18-12/h7-10,14H,3-6H2,1-2H3,(H,18,20)(H,19,21). The van der Waals surface area contributed by atoms with Crippen molar-refractivity contribution >= 4 is 27.0 Å². The Hall–Kier alpha value is -1.36. The summed E-state index contributed by atoms with van der Waals surface area (Å²) < 4.78 is 0. The maximum atomic E-state index is 11.4. The van der Waals surface area contributed by atoms with Gasteiger partial charge in [0.05, 0.1) is 11.0 Å². The van der Waals surface area contributed by atoms with Gasteiger partial charge in [0, 0.05) is 4.83 Å². The van der Waals surface area contributed by atoms with E-state index in [1.54, 1.807) is 0 Å². The lowest BCUT2D eigenvalue weighted by Crippen LogP contribution is -2.28. The summed E-state index contributed by atoms with van der Waals surface area (Å²) in [5, 5.41) is 0. The lowest BCUT2D eigenvalue weighted by molar-refractivity contribution is 0.446. The van der Waals surface area contributed by atoms with E-state index in [0.717, 1.165) is 12.0 Å². The van der Waals surface area contributed by atoms with Crippen molar-refractivity contribution in [1.29, 1.82) is 0 Å². The van der Waals surface area contributed by atoms with Crippen LogP contribution in [0.15, 0.2) is 27.8 Å². The van der Waals surface area contributed by atoms with Crippen molar-refractivity contribution in [2.24, 2.45) is 5.92 Å². The third kappa shape index (κ3) is 3.64. The van der Waals surface area contributed by atoms with Crippen molar-refractivity contribution in [2.75, 3.05) is 0 Å². The molecule has 1 heterocycles. The summed E-state index contributed by atoms with van der Waals surface area (Å²) >= 11 is 3.80. The van der Waals surface area contributed by atoms with Crippen LogP contribution in [0, 0.1) is 5.92 Å². The molecule has 2 rings (SSSR count). The van der Waals surface area contributed by atoms with Gasteiger partial charge >= 0.3 is 11.1 Å². The second-order valence-electron chi connectivity index (χ2n) is 5.43. The molecule has 2 aromatic rings. The number of aromatic nitrogens is 2. The van der Waals surface area contributed by atoms with E-state index in [2.05, 4.69) is 39.7 Å². The highest BCUT2D eigenvalue weighted by molar-refractivity contribution is 9.09. The Labute approximate surface area is 132 Å². The van der Waals surface area contributed by atoms with Crippen molar-refractivity contribution in [3.8, 4) is 0 Å². The topological polar surface area (TPSA) is 65.7 Å². The molecule has 4 nitrogen and oxygen atoms in total. The van der Waals surface area contributed by atoms with Crippen LogP contribution in [-0.2, 0) is 0 Å². The van der Waals surface area contributed by atoms with Crippen molar-refractivity contribution < 1.29 is 0 Å². The van der Waals surface area contributed by atoms with Gasteiger partial charge in [0.2, 0.25) is 0 Å². The number of benzene rings is 1. The molecule has 0 spiro atoms. The number of unbranched alkanes of at least 4 members (excludes halogenated alkanes) is 1. The van der Waals surface area contributed by atoms with Crippen molar-refractivity contribution in [2.45, 2.75) is 44.4 Å². The summed E-state index contributed by atoms with van der Waals surface area (Å²) in [6.45, 7) is 4.40. The zero-order valence-electron chi connectivity index (χ0n) is 12.4. The predicted octanol–water partition coefficient (Wildman–Crippen LogP) is 3.87. The van der Waals surface area contributed by atoms with Gasteiger partial charge in [-0.2, -0.15) is 0 Å². The minimum absolute atomic E-state index is 0.258. The van der Waals surface area contributed by atoms with Gasteiger partial charge < -0.3 is 9.97 Å².